The van der Waals surface area contributed by atoms with Crippen LogP contribution in [0, 0.1) is 5.92 Å². The van der Waals surface area contributed by atoms with Crippen molar-refractivity contribution in [3.05, 3.63) is 23.9 Å². The van der Waals surface area contributed by atoms with E-state index in [0.29, 0.717) is 12.4 Å². The van der Waals surface area contributed by atoms with Gasteiger partial charge in [0.1, 0.15) is 5.82 Å². The Kier molecular flexibility index (Phi) is 4.13. The summed E-state index contributed by atoms with van der Waals surface area (Å²) >= 11 is 0. The highest BCUT2D eigenvalue weighted by Gasteiger charge is 2.16. The van der Waals surface area contributed by atoms with Crippen molar-refractivity contribution in [3.63, 3.8) is 0 Å². The molecule has 0 atom stereocenters. The van der Waals surface area contributed by atoms with Crippen LogP contribution in [0.25, 0.3) is 0 Å². The van der Waals surface area contributed by atoms with Gasteiger partial charge in [0, 0.05) is 12.8 Å². The Labute approximate surface area is 96.2 Å². The van der Waals surface area contributed by atoms with Gasteiger partial charge in [0.2, 0.25) is 0 Å². The molecule has 1 aromatic rings. The highest BCUT2D eigenvalue weighted by Crippen LogP contribution is 2.29. The van der Waals surface area contributed by atoms with E-state index in [-0.39, 0.29) is 0 Å². The number of rotatable bonds is 6. The number of nitrogen functional groups attached to an aromatic ring is 1. The summed E-state index contributed by atoms with van der Waals surface area (Å²) in [4.78, 5) is 4.05. The lowest BCUT2D eigenvalue weighted by atomic mass is 9.83. The van der Waals surface area contributed by atoms with Crippen LogP contribution in [0.15, 0.2) is 18.3 Å². The van der Waals surface area contributed by atoms with Crippen molar-refractivity contribution in [2.24, 2.45) is 11.8 Å². The Hall–Kier alpha value is -1.13. The van der Waals surface area contributed by atoms with E-state index >= 15 is 0 Å². The molecule has 0 bridgehead atoms. The summed E-state index contributed by atoms with van der Waals surface area (Å²) in [6.07, 6.45) is 7.12. The van der Waals surface area contributed by atoms with Crippen molar-refractivity contribution >= 4 is 5.82 Å². The molecule has 0 aliphatic heterocycles. The van der Waals surface area contributed by atoms with Crippen LogP contribution in [-0.4, -0.2) is 11.6 Å². The predicted octanol–water partition coefficient (Wildman–Crippen LogP) is 2.07. The number of hydrogen-bond donors (Lipinski definition) is 2. The molecule has 88 valence electrons. The van der Waals surface area contributed by atoms with Gasteiger partial charge in [-0.25, -0.2) is 10.8 Å². The largest absolute Gasteiger partial charge is 0.377 e. The first-order valence-electron chi connectivity index (χ1n) is 5.88. The molecule has 4 heteroatoms. The SMILES string of the molecule is NNc1cc(COCCC2CCC2)ccn1. The summed E-state index contributed by atoms with van der Waals surface area (Å²) < 4.78 is 5.63. The van der Waals surface area contributed by atoms with Crippen LogP contribution in [0.5, 0.6) is 0 Å². The maximum atomic E-state index is 5.63. The van der Waals surface area contributed by atoms with Gasteiger partial charge in [0.25, 0.3) is 0 Å². The fraction of sp³-hybridized carbons (Fsp3) is 0.583. The molecule has 2 rings (SSSR count). The number of ether oxygens (including phenoxy) is 1. The minimum Gasteiger partial charge on any atom is -0.377 e. The van der Waals surface area contributed by atoms with Crippen LogP contribution in [0.1, 0.15) is 31.2 Å². The fourth-order valence-electron chi connectivity index (χ4n) is 1.86. The predicted molar refractivity (Wildman–Crippen MR) is 63.7 cm³/mol. The third-order valence-corrected chi connectivity index (χ3v) is 3.14. The highest BCUT2D eigenvalue weighted by atomic mass is 16.5. The summed E-state index contributed by atoms with van der Waals surface area (Å²) in [6, 6.07) is 3.85. The molecule has 0 aromatic carbocycles. The Balaban J connectivity index is 1.67. The van der Waals surface area contributed by atoms with Crippen molar-refractivity contribution in [1.29, 1.82) is 0 Å². The molecule has 0 saturated heterocycles. The third-order valence-electron chi connectivity index (χ3n) is 3.14. The molecular formula is C12H19N3O. The van der Waals surface area contributed by atoms with Gasteiger partial charge in [-0.1, -0.05) is 19.3 Å². The quantitative estimate of drug-likeness (QED) is 0.438. The number of nitrogens with zero attached hydrogens (tertiary/aromatic N) is 1. The number of nitrogens with one attached hydrogen (secondary N) is 1. The van der Waals surface area contributed by atoms with Crippen LogP contribution in [0.2, 0.25) is 0 Å². The monoisotopic (exact) mass is 221 g/mol. The molecule has 0 unspecified atom stereocenters. The molecule has 1 aliphatic rings. The second-order valence-corrected chi connectivity index (χ2v) is 4.33. The first-order valence-corrected chi connectivity index (χ1v) is 5.88. The minimum absolute atomic E-state index is 0.643. The van der Waals surface area contributed by atoms with Gasteiger partial charge in [-0.05, 0) is 30.0 Å². The second kappa shape index (κ2) is 5.82. The minimum atomic E-state index is 0.643. The average Bonchev–Trinajstić information content (AvgIpc) is 2.27. The Morgan fingerprint density at radius 3 is 3.06 bits per heavy atom. The van der Waals surface area contributed by atoms with Crippen LogP contribution in [-0.2, 0) is 11.3 Å². The maximum absolute atomic E-state index is 5.63. The van der Waals surface area contributed by atoms with Crippen LogP contribution >= 0.6 is 0 Å². The van der Waals surface area contributed by atoms with E-state index in [2.05, 4.69) is 10.4 Å². The first kappa shape index (κ1) is 11.4. The number of hydrazine groups is 1. The lowest BCUT2D eigenvalue weighted by Gasteiger charge is -2.24. The molecule has 0 amide bonds. The Morgan fingerprint density at radius 2 is 2.38 bits per heavy atom. The van der Waals surface area contributed by atoms with Crippen molar-refractivity contribution in [2.75, 3.05) is 12.0 Å². The number of pyridine rings is 1. The van der Waals surface area contributed by atoms with E-state index in [1.807, 2.05) is 12.1 Å². The molecule has 3 N–H and O–H groups in total. The van der Waals surface area contributed by atoms with Crippen molar-refractivity contribution in [2.45, 2.75) is 32.3 Å². The van der Waals surface area contributed by atoms with Crippen molar-refractivity contribution in [1.82, 2.24) is 4.98 Å². The van der Waals surface area contributed by atoms with Crippen molar-refractivity contribution < 1.29 is 4.74 Å². The standard InChI is InChI=1S/C12H19N3O/c13-15-12-8-11(4-6-14-12)9-16-7-5-10-2-1-3-10/h4,6,8,10H,1-3,5,7,9,13H2,(H,14,15). The zero-order valence-electron chi connectivity index (χ0n) is 9.48. The summed E-state index contributed by atoms with van der Waals surface area (Å²) in [5.41, 5.74) is 3.64. The molecule has 1 heterocycles. The van der Waals surface area contributed by atoms with E-state index in [4.69, 9.17) is 10.6 Å². The molecule has 1 aliphatic carbocycles. The van der Waals surface area contributed by atoms with E-state index in [0.717, 1.165) is 18.1 Å². The van der Waals surface area contributed by atoms with E-state index < -0.39 is 0 Å². The van der Waals surface area contributed by atoms with E-state index in [9.17, 15) is 0 Å². The number of hydrogen-bond acceptors (Lipinski definition) is 4. The maximum Gasteiger partial charge on any atom is 0.140 e. The fourth-order valence-corrected chi connectivity index (χ4v) is 1.86. The number of anilines is 1. The van der Waals surface area contributed by atoms with Crippen LogP contribution in [0.3, 0.4) is 0 Å². The molecule has 1 aromatic heterocycles. The molecule has 1 saturated carbocycles. The average molecular weight is 221 g/mol. The van der Waals surface area contributed by atoms with Gasteiger partial charge in [0.05, 0.1) is 6.61 Å². The lowest BCUT2D eigenvalue weighted by molar-refractivity contribution is 0.0950. The summed E-state index contributed by atoms with van der Waals surface area (Å²) in [6.45, 7) is 1.50. The lowest BCUT2D eigenvalue weighted by Crippen LogP contribution is -2.13. The van der Waals surface area contributed by atoms with Gasteiger partial charge in [-0.15, -0.1) is 0 Å². The molecule has 1 fully saturated rings. The Bertz CT molecular complexity index is 326. The smallest absolute Gasteiger partial charge is 0.140 e. The van der Waals surface area contributed by atoms with E-state index in [1.165, 1.54) is 25.7 Å². The summed E-state index contributed by atoms with van der Waals surface area (Å²) in [7, 11) is 0. The topological polar surface area (TPSA) is 60.2 Å². The van der Waals surface area contributed by atoms with Gasteiger partial charge < -0.3 is 10.2 Å². The van der Waals surface area contributed by atoms with E-state index in [1.54, 1.807) is 6.20 Å². The third kappa shape index (κ3) is 3.18. The van der Waals surface area contributed by atoms with Gasteiger partial charge >= 0.3 is 0 Å². The van der Waals surface area contributed by atoms with Gasteiger partial charge in [0.15, 0.2) is 0 Å². The molecule has 16 heavy (non-hydrogen) atoms. The molecule has 0 spiro atoms. The molecule has 0 radical (unpaired) electrons. The second-order valence-electron chi connectivity index (χ2n) is 4.33. The summed E-state index contributed by atoms with van der Waals surface area (Å²) in [5, 5.41) is 0. The number of nitrogens with two attached hydrogens (primary N) is 1. The van der Waals surface area contributed by atoms with Crippen molar-refractivity contribution in [3.8, 4) is 0 Å². The zero-order chi connectivity index (χ0) is 11.2. The normalized spacial score (nSPS) is 15.8. The molecular weight excluding hydrogens is 202 g/mol. The number of aromatic nitrogens is 1. The highest BCUT2D eigenvalue weighted by molar-refractivity contribution is 5.35. The van der Waals surface area contributed by atoms with Gasteiger partial charge in [-0.3, -0.25) is 0 Å². The molecule has 4 nitrogen and oxygen atoms in total. The van der Waals surface area contributed by atoms with Crippen LogP contribution in [0.4, 0.5) is 5.82 Å². The Morgan fingerprint density at radius 1 is 1.50 bits per heavy atom. The first-order chi connectivity index (χ1) is 7.88. The van der Waals surface area contributed by atoms with Crippen LogP contribution < -0.4 is 11.3 Å². The zero-order valence-corrected chi connectivity index (χ0v) is 9.48. The van der Waals surface area contributed by atoms with Gasteiger partial charge in [-0.2, -0.15) is 0 Å². The summed E-state index contributed by atoms with van der Waals surface area (Å²) in [5.74, 6) is 6.88.